The highest BCUT2D eigenvalue weighted by atomic mass is 16.5. The van der Waals surface area contributed by atoms with Crippen LogP contribution < -0.4 is 9.47 Å². The number of hydrogen-bond donors (Lipinski definition) is 0. The van der Waals surface area contributed by atoms with Gasteiger partial charge in [-0.15, -0.1) is 5.10 Å². The fourth-order valence-corrected chi connectivity index (χ4v) is 4.97. The molecule has 0 N–H and O–H groups in total. The maximum Gasteiger partial charge on any atom is 0.168 e. The van der Waals surface area contributed by atoms with Crippen LogP contribution in [0.5, 0.6) is 11.5 Å². The van der Waals surface area contributed by atoms with Gasteiger partial charge in [0.05, 0.1) is 19.6 Å². The van der Waals surface area contributed by atoms with E-state index < -0.39 is 0 Å². The minimum atomic E-state index is 0.536. The molecular formula is C24H29N5O2. The van der Waals surface area contributed by atoms with E-state index in [9.17, 15) is 0 Å². The number of nitrogens with zero attached hydrogens (tertiary/aromatic N) is 5. The third-order valence-corrected chi connectivity index (χ3v) is 6.67. The first-order chi connectivity index (χ1) is 15.1. The van der Waals surface area contributed by atoms with E-state index in [4.69, 9.17) is 24.5 Å². The van der Waals surface area contributed by atoms with Crippen LogP contribution >= 0.6 is 0 Å². The predicted octanol–water partition coefficient (Wildman–Crippen LogP) is 4.81. The van der Waals surface area contributed by atoms with Crippen LogP contribution in [0, 0.1) is 13.8 Å². The second-order valence-corrected chi connectivity index (χ2v) is 8.48. The van der Waals surface area contributed by atoms with Gasteiger partial charge in [-0.1, -0.05) is 25.3 Å². The van der Waals surface area contributed by atoms with E-state index in [0.29, 0.717) is 18.2 Å². The second-order valence-electron chi connectivity index (χ2n) is 8.48. The van der Waals surface area contributed by atoms with Crippen LogP contribution in [0.1, 0.15) is 60.8 Å². The topological polar surface area (TPSA) is 66.5 Å². The third kappa shape index (κ3) is 3.32. The molecule has 1 aliphatic rings. The molecule has 0 bridgehead atoms. The van der Waals surface area contributed by atoms with Gasteiger partial charge in [0.1, 0.15) is 12.0 Å². The Bertz CT molecular complexity index is 1250. The summed E-state index contributed by atoms with van der Waals surface area (Å²) in [6, 6.07) is 6.46. The lowest BCUT2D eigenvalue weighted by Crippen LogP contribution is -2.14. The highest BCUT2D eigenvalue weighted by Crippen LogP contribution is 2.36. The fraction of sp³-hybridized carbons (Fsp3) is 0.458. The maximum absolute atomic E-state index is 5.44. The van der Waals surface area contributed by atoms with Gasteiger partial charge < -0.3 is 14.0 Å². The molecule has 0 radical (unpaired) electrons. The second kappa shape index (κ2) is 7.87. The average molecular weight is 420 g/mol. The molecule has 162 valence electrons. The van der Waals surface area contributed by atoms with E-state index in [0.717, 1.165) is 33.8 Å². The van der Waals surface area contributed by atoms with Crippen molar-refractivity contribution in [2.45, 2.75) is 58.4 Å². The van der Waals surface area contributed by atoms with E-state index in [1.807, 2.05) is 22.7 Å². The van der Waals surface area contributed by atoms with Crippen LogP contribution in [0.25, 0.3) is 16.7 Å². The minimum Gasteiger partial charge on any atom is -0.493 e. The maximum atomic E-state index is 5.44. The Morgan fingerprint density at radius 2 is 1.77 bits per heavy atom. The van der Waals surface area contributed by atoms with Crippen molar-refractivity contribution in [2.75, 3.05) is 14.2 Å². The molecule has 0 amide bonds. The predicted molar refractivity (Wildman–Crippen MR) is 120 cm³/mol. The van der Waals surface area contributed by atoms with E-state index >= 15 is 0 Å². The summed E-state index contributed by atoms with van der Waals surface area (Å²) in [5.74, 6) is 2.20. The van der Waals surface area contributed by atoms with Crippen molar-refractivity contribution in [2.24, 2.45) is 0 Å². The van der Waals surface area contributed by atoms with Crippen LogP contribution in [0.3, 0.4) is 0 Å². The molecule has 0 spiro atoms. The summed E-state index contributed by atoms with van der Waals surface area (Å²) < 4.78 is 15.0. The van der Waals surface area contributed by atoms with Crippen LogP contribution in [0.4, 0.5) is 0 Å². The lowest BCUT2D eigenvalue weighted by molar-refractivity contribution is 0.354. The molecule has 3 heterocycles. The van der Waals surface area contributed by atoms with Crippen LogP contribution in [-0.4, -0.2) is 38.4 Å². The van der Waals surface area contributed by atoms with Crippen molar-refractivity contribution < 1.29 is 9.47 Å². The zero-order valence-corrected chi connectivity index (χ0v) is 18.7. The number of ether oxygens (including phenoxy) is 2. The number of aromatic nitrogens is 5. The van der Waals surface area contributed by atoms with Gasteiger partial charge in [-0.3, -0.25) is 0 Å². The van der Waals surface area contributed by atoms with Crippen molar-refractivity contribution in [3.8, 4) is 11.5 Å². The summed E-state index contributed by atoms with van der Waals surface area (Å²) in [5, 5.41) is 5.83. The molecule has 0 unspecified atom stereocenters. The van der Waals surface area contributed by atoms with Crippen molar-refractivity contribution in [3.63, 3.8) is 0 Å². The Kier molecular flexibility index (Phi) is 5.04. The van der Waals surface area contributed by atoms with Gasteiger partial charge in [0.15, 0.2) is 23.0 Å². The lowest BCUT2D eigenvalue weighted by atomic mass is 9.95. The van der Waals surface area contributed by atoms with E-state index in [-0.39, 0.29) is 0 Å². The summed E-state index contributed by atoms with van der Waals surface area (Å²) in [6.07, 6.45) is 8.82. The molecule has 4 aromatic rings. The number of hydrogen-bond acceptors (Lipinski definition) is 5. The first-order valence-electron chi connectivity index (χ1n) is 11.0. The fourth-order valence-electron chi connectivity index (χ4n) is 4.97. The van der Waals surface area contributed by atoms with Crippen molar-refractivity contribution in [1.29, 1.82) is 0 Å². The smallest absolute Gasteiger partial charge is 0.168 e. The minimum absolute atomic E-state index is 0.536. The summed E-state index contributed by atoms with van der Waals surface area (Å²) in [5.41, 5.74) is 5.55. The number of benzene rings is 1. The summed E-state index contributed by atoms with van der Waals surface area (Å²) >= 11 is 0. The van der Waals surface area contributed by atoms with Gasteiger partial charge in [0.2, 0.25) is 0 Å². The molecule has 7 heteroatoms. The third-order valence-electron chi connectivity index (χ3n) is 6.67. The van der Waals surface area contributed by atoms with Gasteiger partial charge in [0.25, 0.3) is 0 Å². The van der Waals surface area contributed by atoms with Gasteiger partial charge in [-0.05, 0) is 49.9 Å². The molecule has 7 nitrogen and oxygen atoms in total. The highest BCUT2D eigenvalue weighted by Gasteiger charge is 2.24. The van der Waals surface area contributed by atoms with Crippen molar-refractivity contribution in [3.05, 3.63) is 47.2 Å². The number of aryl methyl sites for hydroxylation is 1. The molecular weight excluding hydrogens is 390 g/mol. The van der Waals surface area contributed by atoms with Crippen LogP contribution in [-0.2, 0) is 6.42 Å². The molecule has 5 rings (SSSR count). The van der Waals surface area contributed by atoms with Crippen molar-refractivity contribution >= 4 is 16.7 Å². The lowest BCUT2D eigenvalue weighted by Gasteiger charge is -2.25. The molecule has 31 heavy (non-hydrogen) atoms. The highest BCUT2D eigenvalue weighted by molar-refractivity contribution is 5.94. The Hall–Kier alpha value is -3.09. The molecule has 0 saturated heterocycles. The number of fused-ring (bicyclic) bond motifs is 3. The first kappa shape index (κ1) is 19.8. The van der Waals surface area contributed by atoms with Crippen LogP contribution in [0.2, 0.25) is 0 Å². The van der Waals surface area contributed by atoms with Gasteiger partial charge in [0, 0.05) is 18.2 Å². The first-order valence-corrected chi connectivity index (χ1v) is 11.0. The number of rotatable bonds is 5. The van der Waals surface area contributed by atoms with Gasteiger partial charge >= 0.3 is 0 Å². The molecule has 1 saturated carbocycles. The SMILES string of the molecule is COc1ccc(Cc2nc3c4c(C)c(C)n(C5CCCCC5)c4ncn3n2)cc1OC. The van der Waals surface area contributed by atoms with E-state index in [1.54, 1.807) is 20.5 Å². The molecule has 3 aromatic heterocycles. The van der Waals surface area contributed by atoms with Crippen molar-refractivity contribution in [1.82, 2.24) is 24.1 Å². The Morgan fingerprint density at radius 3 is 2.52 bits per heavy atom. The molecule has 1 fully saturated rings. The van der Waals surface area contributed by atoms with Crippen LogP contribution in [0.15, 0.2) is 24.5 Å². The normalized spacial score (nSPS) is 15.1. The monoisotopic (exact) mass is 419 g/mol. The van der Waals surface area contributed by atoms with E-state index in [1.165, 1.54) is 43.4 Å². The summed E-state index contributed by atoms with van der Waals surface area (Å²) in [6.45, 7) is 4.39. The summed E-state index contributed by atoms with van der Waals surface area (Å²) in [4.78, 5) is 9.74. The zero-order chi connectivity index (χ0) is 21.5. The largest absolute Gasteiger partial charge is 0.493 e. The standard InChI is InChI=1S/C24H29N5O2/c1-15-16(2)29(18-8-6-5-7-9-18)23-22(15)24-26-21(27-28(24)14-25-23)13-17-10-11-19(30-3)20(12-17)31-4/h10-12,14,18H,5-9,13H2,1-4H3. The Labute approximate surface area is 182 Å². The quantitative estimate of drug-likeness (QED) is 0.464. The summed E-state index contributed by atoms with van der Waals surface area (Å²) in [7, 11) is 3.29. The average Bonchev–Trinajstić information content (AvgIpc) is 3.32. The van der Waals surface area contributed by atoms with Gasteiger partial charge in [-0.25, -0.2) is 14.5 Å². The Morgan fingerprint density at radius 1 is 1.00 bits per heavy atom. The zero-order valence-electron chi connectivity index (χ0n) is 18.7. The van der Waals surface area contributed by atoms with Gasteiger partial charge in [-0.2, -0.15) is 0 Å². The molecule has 0 atom stereocenters. The molecule has 0 aliphatic heterocycles. The Balaban J connectivity index is 1.56. The molecule has 1 aliphatic carbocycles. The van der Waals surface area contributed by atoms with E-state index in [2.05, 4.69) is 18.4 Å². The number of methoxy groups -OCH3 is 2. The molecule has 1 aromatic carbocycles.